The minimum Gasteiger partial charge on any atom is -0.444 e. The van der Waals surface area contributed by atoms with Gasteiger partial charge >= 0.3 is 6.09 Å². The summed E-state index contributed by atoms with van der Waals surface area (Å²) in [5, 5.41) is 0. The number of amides is 2. The number of piperazine rings is 1. The third-order valence-corrected chi connectivity index (χ3v) is 5.91. The van der Waals surface area contributed by atoms with Crippen LogP contribution in [0.5, 0.6) is 0 Å². The van der Waals surface area contributed by atoms with Gasteiger partial charge in [0.05, 0.1) is 6.04 Å². The van der Waals surface area contributed by atoms with Crippen molar-refractivity contribution < 1.29 is 14.3 Å². The zero-order valence-corrected chi connectivity index (χ0v) is 18.5. The summed E-state index contributed by atoms with van der Waals surface area (Å²) in [6.07, 6.45) is 3.04. The maximum atomic E-state index is 13.4. The van der Waals surface area contributed by atoms with Crippen LogP contribution in [0.4, 0.5) is 4.79 Å². The summed E-state index contributed by atoms with van der Waals surface area (Å²) < 4.78 is 5.58. The van der Waals surface area contributed by atoms with Gasteiger partial charge in [0.2, 0.25) is 5.91 Å². The van der Waals surface area contributed by atoms with Crippen LogP contribution in [0.25, 0.3) is 0 Å². The Morgan fingerprint density at radius 1 is 1.06 bits per heavy atom. The van der Waals surface area contributed by atoms with Crippen LogP contribution in [-0.2, 0) is 16.0 Å². The SMILES string of the molecule is CC(C)(C)OC(=O)N1CCN(C(=O)C2CC2c2ccccn2)C(Cc2ccccc2)C1. The summed E-state index contributed by atoms with van der Waals surface area (Å²) in [5.41, 5.74) is 1.62. The van der Waals surface area contributed by atoms with Gasteiger partial charge in [-0.25, -0.2) is 4.79 Å². The molecule has 0 radical (unpaired) electrons. The van der Waals surface area contributed by atoms with E-state index < -0.39 is 5.60 Å². The smallest absolute Gasteiger partial charge is 0.410 e. The van der Waals surface area contributed by atoms with E-state index in [1.165, 1.54) is 0 Å². The molecule has 164 valence electrons. The highest BCUT2D eigenvalue weighted by Crippen LogP contribution is 2.48. The molecule has 6 heteroatoms. The van der Waals surface area contributed by atoms with E-state index in [2.05, 4.69) is 17.1 Å². The fourth-order valence-corrected chi connectivity index (χ4v) is 4.30. The van der Waals surface area contributed by atoms with Gasteiger partial charge in [-0.05, 0) is 51.3 Å². The lowest BCUT2D eigenvalue weighted by atomic mass is 10.0. The van der Waals surface area contributed by atoms with E-state index in [0.29, 0.717) is 26.1 Å². The lowest BCUT2D eigenvalue weighted by Gasteiger charge is -2.42. The van der Waals surface area contributed by atoms with E-state index >= 15 is 0 Å². The van der Waals surface area contributed by atoms with E-state index in [4.69, 9.17) is 4.74 Å². The van der Waals surface area contributed by atoms with Crippen LogP contribution in [0.1, 0.15) is 44.4 Å². The standard InChI is InChI=1S/C25H31N3O3/c1-25(2,3)31-24(30)27-13-14-28(19(17-27)15-18-9-5-4-6-10-18)23(29)21-16-20(21)22-11-7-8-12-26-22/h4-12,19-21H,13-17H2,1-3H3. The van der Waals surface area contributed by atoms with Gasteiger partial charge in [0.25, 0.3) is 0 Å². The molecule has 1 aliphatic carbocycles. The number of hydrogen-bond donors (Lipinski definition) is 0. The lowest BCUT2D eigenvalue weighted by molar-refractivity contribution is -0.137. The Balaban J connectivity index is 1.48. The normalized spacial score (nSPS) is 23.4. The average Bonchev–Trinajstić information content (AvgIpc) is 3.54. The average molecular weight is 422 g/mol. The minimum atomic E-state index is -0.539. The van der Waals surface area contributed by atoms with E-state index in [-0.39, 0.29) is 29.9 Å². The second-order valence-electron chi connectivity index (χ2n) is 9.50. The number of carbonyl (C=O) groups excluding carboxylic acids is 2. The molecule has 0 bridgehead atoms. The van der Waals surface area contributed by atoms with Crippen molar-refractivity contribution in [3.63, 3.8) is 0 Å². The molecule has 3 unspecified atom stereocenters. The first-order valence-electron chi connectivity index (χ1n) is 11.0. The number of nitrogens with zero attached hydrogens (tertiary/aromatic N) is 3. The summed E-state index contributed by atoms with van der Waals surface area (Å²) in [6.45, 7) is 7.12. The van der Waals surface area contributed by atoms with E-state index in [9.17, 15) is 9.59 Å². The van der Waals surface area contributed by atoms with Gasteiger partial charge in [-0.15, -0.1) is 0 Å². The van der Waals surface area contributed by atoms with Crippen molar-refractivity contribution in [1.82, 2.24) is 14.8 Å². The van der Waals surface area contributed by atoms with Crippen LogP contribution < -0.4 is 0 Å². The number of carbonyl (C=O) groups is 2. The molecule has 0 N–H and O–H groups in total. The zero-order valence-electron chi connectivity index (χ0n) is 18.5. The summed E-state index contributed by atoms with van der Waals surface area (Å²) >= 11 is 0. The number of ether oxygens (including phenoxy) is 1. The Bertz CT molecular complexity index is 911. The molecule has 2 aliphatic rings. The molecule has 3 atom stereocenters. The maximum absolute atomic E-state index is 13.4. The van der Waals surface area contributed by atoms with Crippen LogP contribution >= 0.6 is 0 Å². The first kappa shape index (κ1) is 21.3. The van der Waals surface area contributed by atoms with Crippen molar-refractivity contribution in [3.05, 3.63) is 66.0 Å². The number of pyridine rings is 1. The zero-order chi connectivity index (χ0) is 22.0. The van der Waals surface area contributed by atoms with Gasteiger partial charge in [-0.2, -0.15) is 0 Å². The van der Waals surface area contributed by atoms with Gasteiger partial charge in [0.15, 0.2) is 0 Å². The van der Waals surface area contributed by atoms with Gasteiger partial charge in [0, 0.05) is 43.4 Å². The second-order valence-corrected chi connectivity index (χ2v) is 9.50. The number of aromatic nitrogens is 1. The topological polar surface area (TPSA) is 62.7 Å². The van der Waals surface area contributed by atoms with Crippen LogP contribution in [0.15, 0.2) is 54.7 Å². The molecule has 1 aromatic carbocycles. The Hall–Kier alpha value is -2.89. The highest BCUT2D eigenvalue weighted by Gasteiger charge is 2.48. The summed E-state index contributed by atoms with van der Waals surface area (Å²) in [5.74, 6) is 0.372. The first-order valence-corrected chi connectivity index (χ1v) is 11.0. The third-order valence-electron chi connectivity index (χ3n) is 5.91. The monoisotopic (exact) mass is 421 g/mol. The molecule has 31 heavy (non-hydrogen) atoms. The Kier molecular flexibility index (Phi) is 5.99. The second kappa shape index (κ2) is 8.69. The molecule has 1 aromatic heterocycles. The van der Waals surface area contributed by atoms with Crippen LogP contribution in [0.2, 0.25) is 0 Å². The molecule has 2 fully saturated rings. The summed E-state index contributed by atoms with van der Waals surface area (Å²) in [6, 6.07) is 15.9. The van der Waals surface area contributed by atoms with E-state index in [1.54, 1.807) is 11.1 Å². The molecule has 1 saturated carbocycles. The molecular formula is C25H31N3O3. The highest BCUT2D eigenvalue weighted by molar-refractivity contribution is 5.83. The molecule has 2 amide bonds. The third kappa shape index (κ3) is 5.24. The van der Waals surface area contributed by atoms with Crippen molar-refractivity contribution >= 4 is 12.0 Å². The number of rotatable bonds is 4. The predicted molar refractivity (Wildman–Crippen MR) is 119 cm³/mol. The minimum absolute atomic E-state index is 0.0127. The van der Waals surface area contributed by atoms with Gasteiger partial charge < -0.3 is 14.5 Å². The molecule has 4 rings (SSSR count). The van der Waals surface area contributed by atoms with Crippen LogP contribution in [-0.4, -0.2) is 58.1 Å². The van der Waals surface area contributed by atoms with Crippen LogP contribution in [0, 0.1) is 5.92 Å². The molecule has 6 nitrogen and oxygen atoms in total. The number of benzene rings is 1. The van der Waals surface area contributed by atoms with Crippen LogP contribution in [0.3, 0.4) is 0 Å². The largest absolute Gasteiger partial charge is 0.444 e. The predicted octanol–water partition coefficient (Wildman–Crippen LogP) is 3.88. The summed E-state index contributed by atoms with van der Waals surface area (Å²) in [4.78, 5) is 34.2. The lowest BCUT2D eigenvalue weighted by Crippen LogP contribution is -2.58. The number of hydrogen-bond acceptors (Lipinski definition) is 4. The Labute approximate surface area is 184 Å². The Morgan fingerprint density at radius 2 is 1.81 bits per heavy atom. The quantitative estimate of drug-likeness (QED) is 0.752. The van der Waals surface area contributed by atoms with Gasteiger partial charge in [0.1, 0.15) is 5.60 Å². The fourth-order valence-electron chi connectivity index (χ4n) is 4.30. The first-order chi connectivity index (χ1) is 14.8. The molecule has 2 heterocycles. The molecule has 0 spiro atoms. The van der Waals surface area contributed by atoms with Crippen molar-refractivity contribution in [3.8, 4) is 0 Å². The van der Waals surface area contributed by atoms with E-state index in [1.807, 2.05) is 62.1 Å². The van der Waals surface area contributed by atoms with Gasteiger partial charge in [-0.1, -0.05) is 36.4 Å². The maximum Gasteiger partial charge on any atom is 0.410 e. The van der Waals surface area contributed by atoms with Crippen molar-refractivity contribution in [1.29, 1.82) is 0 Å². The highest BCUT2D eigenvalue weighted by atomic mass is 16.6. The van der Waals surface area contributed by atoms with Crippen molar-refractivity contribution in [2.24, 2.45) is 5.92 Å². The molecule has 1 saturated heterocycles. The van der Waals surface area contributed by atoms with E-state index in [0.717, 1.165) is 17.7 Å². The molecule has 2 aromatic rings. The Morgan fingerprint density at radius 3 is 2.48 bits per heavy atom. The van der Waals surface area contributed by atoms with Gasteiger partial charge in [-0.3, -0.25) is 9.78 Å². The van der Waals surface area contributed by atoms with Crippen molar-refractivity contribution in [2.45, 2.75) is 51.2 Å². The fraction of sp³-hybridized carbons (Fsp3) is 0.480. The molecule has 1 aliphatic heterocycles. The molecular weight excluding hydrogens is 390 g/mol. The summed E-state index contributed by atoms with van der Waals surface area (Å²) in [7, 11) is 0. The van der Waals surface area contributed by atoms with Crippen molar-refractivity contribution in [2.75, 3.05) is 19.6 Å².